The van der Waals surface area contributed by atoms with Crippen LogP contribution < -0.4 is 4.74 Å². The summed E-state index contributed by atoms with van der Waals surface area (Å²) >= 11 is 6.94. The largest absolute Gasteiger partial charge is 0.489 e. The standard InChI is InChI=1S/C13H11Br2NO/c14-8-11-7-12(1-2-13(11)15)17-9-10-3-5-16-6-4-10/h1-7H,8-9H2. The highest BCUT2D eigenvalue weighted by molar-refractivity contribution is 9.10. The third-order valence-electron chi connectivity index (χ3n) is 2.32. The molecule has 1 heterocycles. The van der Waals surface area contributed by atoms with E-state index in [1.807, 2.05) is 30.3 Å². The number of hydrogen-bond acceptors (Lipinski definition) is 2. The maximum atomic E-state index is 5.72. The molecule has 88 valence electrons. The zero-order valence-corrected chi connectivity index (χ0v) is 12.2. The Balaban J connectivity index is 2.04. The summed E-state index contributed by atoms with van der Waals surface area (Å²) in [5, 5.41) is 0.806. The molecule has 0 amide bonds. The Morgan fingerprint density at radius 3 is 2.59 bits per heavy atom. The highest BCUT2D eigenvalue weighted by Gasteiger charge is 2.01. The monoisotopic (exact) mass is 355 g/mol. The van der Waals surface area contributed by atoms with E-state index in [0.29, 0.717) is 6.61 Å². The Bertz CT molecular complexity index is 488. The maximum Gasteiger partial charge on any atom is 0.120 e. The highest BCUT2D eigenvalue weighted by atomic mass is 79.9. The molecule has 4 heteroatoms. The molecule has 0 radical (unpaired) electrons. The molecule has 0 aliphatic heterocycles. The van der Waals surface area contributed by atoms with E-state index in [4.69, 9.17) is 4.74 Å². The average molecular weight is 357 g/mol. The van der Waals surface area contributed by atoms with Gasteiger partial charge in [0.1, 0.15) is 12.4 Å². The summed E-state index contributed by atoms with van der Waals surface area (Å²) in [6.07, 6.45) is 3.54. The Morgan fingerprint density at radius 1 is 1.12 bits per heavy atom. The predicted octanol–water partition coefficient (Wildman–Crippen LogP) is 4.32. The van der Waals surface area contributed by atoms with Gasteiger partial charge in [-0.1, -0.05) is 31.9 Å². The minimum atomic E-state index is 0.561. The first kappa shape index (κ1) is 12.6. The number of pyridine rings is 1. The van der Waals surface area contributed by atoms with Crippen LogP contribution in [0.5, 0.6) is 5.75 Å². The molecule has 0 fully saturated rings. The minimum Gasteiger partial charge on any atom is -0.489 e. The van der Waals surface area contributed by atoms with E-state index in [-0.39, 0.29) is 0 Å². The molecule has 1 aromatic heterocycles. The average Bonchev–Trinajstić information content (AvgIpc) is 2.39. The van der Waals surface area contributed by atoms with Gasteiger partial charge in [0.25, 0.3) is 0 Å². The number of nitrogens with zero attached hydrogens (tertiary/aromatic N) is 1. The van der Waals surface area contributed by atoms with E-state index in [2.05, 4.69) is 36.8 Å². The van der Waals surface area contributed by atoms with Crippen LogP contribution in [0.4, 0.5) is 0 Å². The molecule has 0 saturated heterocycles. The second-order valence-electron chi connectivity index (χ2n) is 3.53. The van der Waals surface area contributed by atoms with Gasteiger partial charge >= 0.3 is 0 Å². The molecule has 0 N–H and O–H groups in total. The van der Waals surface area contributed by atoms with Gasteiger partial charge < -0.3 is 4.74 Å². The fourth-order valence-corrected chi connectivity index (χ4v) is 2.62. The molecule has 0 unspecified atom stereocenters. The Morgan fingerprint density at radius 2 is 1.88 bits per heavy atom. The number of ether oxygens (including phenoxy) is 1. The molecule has 0 spiro atoms. The molecule has 17 heavy (non-hydrogen) atoms. The second kappa shape index (κ2) is 6.17. The third-order valence-corrected chi connectivity index (χ3v) is 3.69. The van der Waals surface area contributed by atoms with E-state index in [1.165, 1.54) is 5.56 Å². The molecule has 0 atom stereocenters. The summed E-state index contributed by atoms with van der Waals surface area (Å²) < 4.78 is 6.81. The van der Waals surface area contributed by atoms with Gasteiger partial charge in [-0.2, -0.15) is 0 Å². The van der Waals surface area contributed by atoms with Crippen molar-refractivity contribution in [1.82, 2.24) is 4.98 Å². The van der Waals surface area contributed by atoms with Crippen molar-refractivity contribution in [2.45, 2.75) is 11.9 Å². The van der Waals surface area contributed by atoms with Crippen molar-refractivity contribution in [3.8, 4) is 5.75 Å². The van der Waals surface area contributed by atoms with Crippen LogP contribution in [-0.4, -0.2) is 4.98 Å². The van der Waals surface area contributed by atoms with Crippen LogP contribution in [-0.2, 0) is 11.9 Å². The smallest absolute Gasteiger partial charge is 0.120 e. The maximum absolute atomic E-state index is 5.72. The molecule has 0 aliphatic carbocycles. The second-order valence-corrected chi connectivity index (χ2v) is 4.95. The van der Waals surface area contributed by atoms with Crippen molar-refractivity contribution in [1.29, 1.82) is 0 Å². The molecule has 2 aromatic rings. The molecule has 2 nitrogen and oxygen atoms in total. The van der Waals surface area contributed by atoms with Crippen molar-refractivity contribution in [3.05, 3.63) is 58.3 Å². The van der Waals surface area contributed by atoms with E-state index in [0.717, 1.165) is 21.1 Å². The molecular weight excluding hydrogens is 346 g/mol. The number of rotatable bonds is 4. The Labute approximate surface area is 117 Å². The summed E-state index contributed by atoms with van der Waals surface area (Å²) in [6.45, 7) is 0.561. The molecule has 0 aliphatic rings. The number of hydrogen-bond donors (Lipinski definition) is 0. The topological polar surface area (TPSA) is 22.1 Å². The molecule has 0 bridgehead atoms. The van der Waals surface area contributed by atoms with Gasteiger partial charge in [0, 0.05) is 22.2 Å². The lowest BCUT2D eigenvalue weighted by Crippen LogP contribution is -1.96. The Hall–Kier alpha value is -0.870. The minimum absolute atomic E-state index is 0.561. The number of alkyl halides is 1. The fourth-order valence-electron chi connectivity index (χ4n) is 1.39. The van der Waals surface area contributed by atoms with Crippen LogP contribution in [0.1, 0.15) is 11.1 Å². The number of halogens is 2. The summed E-state index contributed by atoms with van der Waals surface area (Å²) in [4.78, 5) is 3.97. The van der Waals surface area contributed by atoms with Crippen molar-refractivity contribution in [2.75, 3.05) is 0 Å². The first-order valence-corrected chi connectivity index (χ1v) is 7.07. The zero-order chi connectivity index (χ0) is 12.1. The lowest BCUT2D eigenvalue weighted by Gasteiger charge is -2.08. The van der Waals surface area contributed by atoms with Crippen LogP contribution in [0.15, 0.2) is 47.2 Å². The van der Waals surface area contributed by atoms with Gasteiger partial charge in [-0.05, 0) is 41.5 Å². The summed E-state index contributed by atoms with van der Waals surface area (Å²) in [7, 11) is 0. The van der Waals surface area contributed by atoms with Crippen LogP contribution in [0.2, 0.25) is 0 Å². The predicted molar refractivity (Wildman–Crippen MR) is 75.3 cm³/mol. The summed E-state index contributed by atoms with van der Waals surface area (Å²) in [6, 6.07) is 9.88. The van der Waals surface area contributed by atoms with Crippen LogP contribution >= 0.6 is 31.9 Å². The summed E-state index contributed by atoms with van der Waals surface area (Å²) in [5.41, 5.74) is 2.29. The van der Waals surface area contributed by atoms with Crippen LogP contribution in [0.3, 0.4) is 0 Å². The van der Waals surface area contributed by atoms with E-state index >= 15 is 0 Å². The van der Waals surface area contributed by atoms with Crippen LogP contribution in [0.25, 0.3) is 0 Å². The number of benzene rings is 1. The zero-order valence-electron chi connectivity index (χ0n) is 9.07. The van der Waals surface area contributed by atoms with Gasteiger partial charge in [0.05, 0.1) is 0 Å². The van der Waals surface area contributed by atoms with Gasteiger partial charge in [-0.15, -0.1) is 0 Å². The van der Waals surface area contributed by atoms with Gasteiger partial charge in [0.15, 0.2) is 0 Å². The SMILES string of the molecule is BrCc1cc(OCc2ccncc2)ccc1Br. The quantitative estimate of drug-likeness (QED) is 0.761. The molecule has 1 aromatic carbocycles. The first-order valence-electron chi connectivity index (χ1n) is 5.15. The molecular formula is C13H11Br2NO. The van der Waals surface area contributed by atoms with Crippen molar-refractivity contribution in [2.24, 2.45) is 0 Å². The van der Waals surface area contributed by atoms with Gasteiger partial charge in [-0.25, -0.2) is 0 Å². The lowest BCUT2D eigenvalue weighted by atomic mass is 10.2. The number of aromatic nitrogens is 1. The molecule has 2 rings (SSSR count). The van der Waals surface area contributed by atoms with Crippen LogP contribution in [0, 0.1) is 0 Å². The summed E-state index contributed by atoms with van der Waals surface area (Å²) in [5.74, 6) is 0.875. The molecule has 0 saturated carbocycles. The lowest BCUT2D eigenvalue weighted by molar-refractivity contribution is 0.306. The van der Waals surface area contributed by atoms with Crippen molar-refractivity contribution in [3.63, 3.8) is 0 Å². The van der Waals surface area contributed by atoms with Gasteiger partial charge in [0.2, 0.25) is 0 Å². The van der Waals surface area contributed by atoms with Gasteiger partial charge in [-0.3, -0.25) is 4.98 Å². The van der Waals surface area contributed by atoms with Crippen molar-refractivity contribution >= 4 is 31.9 Å². The van der Waals surface area contributed by atoms with E-state index in [9.17, 15) is 0 Å². The van der Waals surface area contributed by atoms with E-state index in [1.54, 1.807) is 12.4 Å². The Kier molecular flexibility index (Phi) is 4.57. The van der Waals surface area contributed by atoms with E-state index < -0.39 is 0 Å². The first-order chi connectivity index (χ1) is 8.29. The van der Waals surface area contributed by atoms with Crippen molar-refractivity contribution < 1.29 is 4.74 Å². The fraction of sp³-hybridized carbons (Fsp3) is 0.154. The third kappa shape index (κ3) is 3.54. The highest BCUT2D eigenvalue weighted by Crippen LogP contribution is 2.24. The normalized spacial score (nSPS) is 10.2.